The van der Waals surface area contributed by atoms with Crippen molar-refractivity contribution in [3.05, 3.63) is 57.6 Å². The number of hydrogen-bond acceptors (Lipinski definition) is 5. The van der Waals surface area contributed by atoms with Gasteiger partial charge in [-0.1, -0.05) is 43.5 Å². The van der Waals surface area contributed by atoms with Crippen LogP contribution in [-0.4, -0.2) is 31.5 Å². The van der Waals surface area contributed by atoms with Gasteiger partial charge in [0.1, 0.15) is 5.52 Å². The van der Waals surface area contributed by atoms with E-state index in [1.165, 1.54) is 6.42 Å². The first kappa shape index (κ1) is 20.2. The molecular formula is C23H24ClN5O2. The highest BCUT2D eigenvalue weighted by Crippen LogP contribution is 2.33. The van der Waals surface area contributed by atoms with Gasteiger partial charge in [0, 0.05) is 24.4 Å². The number of nitrogens with zero attached hydrogens (tertiary/aromatic N) is 5. The number of aromatic nitrogens is 5. The molecule has 3 heterocycles. The molecular weight excluding hydrogens is 414 g/mol. The van der Waals surface area contributed by atoms with Crippen molar-refractivity contribution in [3.63, 3.8) is 0 Å². The van der Waals surface area contributed by atoms with E-state index in [1.807, 2.05) is 41.1 Å². The van der Waals surface area contributed by atoms with Gasteiger partial charge in [0.15, 0.2) is 11.2 Å². The van der Waals surface area contributed by atoms with Crippen LogP contribution in [0.4, 0.5) is 0 Å². The molecule has 0 unspecified atom stereocenters. The summed E-state index contributed by atoms with van der Waals surface area (Å²) in [5.41, 5.74) is 3.95. The minimum Gasteiger partial charge on any atom is -0.378 e. The number of halogens is 1. The molecule has 1 saturated carbocycles. The van der Waals surface area contributed by atoms with Crippen LogP contribution in [0.2, 0.25) is 5.02 Å². The molecule has 0 N–H and O–H groups in total. The van der Waals surface area contributed by atoms with E-state index in [1.54, 1.807) is 11.6 Å². The second-order valence-electron chi connectivity index (χ2n) is 8.29. The normalized spacial score (nSPS) is 19.3. The van der Waals surface area contributed by atoms with Gasteiger partial charge in [0.05, 0.1) is 17.9 Å². The number of pyridine rings is 1. The molecule has 0 amide bonds. The standard InChI is InChI=1S/C23H24ClN5O2/c1-14-5-3-4-6-18(14)28-12-11-19-21(23(28)30)25-26-22-20(15-7-9-16(24)10-8-15)17(13-31-2)27-29(19)22/h7-12,14,18H,3-6,13H2,1-2H3/t14-,18-/m1/s1. The Kier molecular flexibility index (Phi) is 5.24. The minimum atomic E-state index is -0.109. The summed E-state index contributed by atoms with van der Waals surface area (Å²) in [5, 5.41) is 14.2. The summed E-state index contributed by atoms with van der Waals surface area (Å²) in [4.78, 5) is 13.3. The zero-order valence-corrected chi connectivity index (χ0v) is 18.3. The van der Waals surface area contributed by atoms with Crippen LogP contribution < -0.4 is 5.56 Å². The van der Waals surface area contributed by atoms with Gasteiger partial charge in [-0.05, 0) is 42.5 Å². The number of benzene rings is 1. The maximum Gasteiger partial charge on any atom is 0.280 e. The maximum atomic E-state index is 13.3. The lowest BCUT2D eigenvalue weighted by Gasteiger charge is -2.30. The summed E-state index contributed by atoms with van der Waals surface area (Å²) in [6.07, 6.45) is 6.42. The second kappa shape index (κ2) is 8.05. The van der Waals surface area contributed by atoms with Crippen molar-refractivity contribution < 1.29 is 4.74 Å². The molecule has 0 radical (unpaired) electrons. The van der Waals surface area contributed by atoms with Crippen molar-refractivity contribution in [2.45, 2.75) is 45.3 Å². The summed E-state index contributed by atoms with van der Waals surface area (Å²) < 4.78 is 8.92. The topological polar surface area (TPSA) is 74.3 Å². The largest absolute Gasteiger partial charge is 0.378 e. The molecule has 3 aromatic heterocycles. The van der Waals surface area contributed by atoms with Crippen LogP contribution in [0.1, 0.15) is 44.3 Å². The average Bonchev–Trinajstić information content (AvgIpc) is 3.14. The fourth-order valence-corrected chi connectivity index (χ4v) is 4.85. The van der Waals surface area contributed by atoms with E-state index in [9.17, 15) is 4.79 Å². The molecule has 2 atom stereocenters. The summed E-state index contributed by atoms with van der Waals surface area (Å²) in [6.45, 7) is 2.54. The molecule has 0 bridgehead atoms. The Morgan fingerprint density at radius 2 is 1.90 bits per heavy atom. The summed E-state index contributed by atoms with van der Waals surface area (Å²) >= 11 is 6.07. The van der Waals surface area contributed by atoms with E-state index >= 15 is 0 Å². The average molecular weight is 438 g/mol. The molecule has 4 aromatic rings. The zero-order chi connectivity index (χ0) is 21.5. The first-order chi connectivity index (χ1) is 15.1. The van der Waals surface area contributed by atoms with Crippen molar-refractivity contribution in [2.75, 3.05) is 7.11 Å². The van der Waals surface area contributed by atoms with Crippen LogP contribution in [0.3, 0.4) is 0 Å². The molecule has 7 nitrogen and oxygen atoms in total. The van der Waals surface area contributed by atoms with Crippen LogP contribution in [0.25, 0.3) is 27.8 Å². The van der Waals surface area contributed by atoms with Gasteiger partial charge >= 0.3 is 0 Å². The summed E-state index contributed by atoms with van der Waals surface area (Å²) in [5.74, 6) is 0.468. The Labute approximate surface area is 184 Å². The second-order valence-corrected chi connectivity index (χ2v) is 8.72. The molecule has 0 spiro atoms. The van der Waals surface area contributed by atoms with Crippen molar-refractivity contribution in [1.82, 2.24) is 24.4 Å². The first-order valence-corrected chi connectivity index (χ1v) is 11.0. The third kappa shape index (κ3) is 3.42. The number of fused-ring (bicyclic) bond motifs is 3. The lowest BCUT2D eigenvalue weighted by molar-refractivity contribution is 0.181. The fraction of sp³-hybridized carbons (Fsp3) is 0.391. The van der Waals surface area contributed by atoms with Gasteiger partial charge in [-0.25, -0.2) is 4.52 Å². The lowest BCUT2D eigenvalue weighted by atomic mass is 9.85. The third-order valence-electron chi connectivity index (χ3n) is 6.32. The van der Waals surface area contributed by atoms with Gasteiger partial charge in [0.2, 0.25) is 0 Å². The van der Waals surface area contributed by atoms with Crippen LogP contribution >= 0.6 is 11.6 Å². The molecule has 5 rings (SSSR count). The monoisotopic (exact) mass is 437 g/mol. The third-order valence-corrected chi connectivity index (χ3v) is 6.57. The summed E-state index contributed by atoms with van der Waals surface area (Å²) in [6, 6.07) is 9.63. The molecule has 1 fully saturated rings. The predicted molar refractivity (Wildman–Crippen MR) is 120 cm³/mol. The Bertz CT molecular complexity index is 1310. The molecule has 1 aliphatic rings. The minimum absolute atomic E-state index is 0.109. The van der Waals surface area contributed by atoms with E-state index in [-0.39, 0.29) is 11.6 Å². The quantitative estimate of drug-likeness (QED) is 0.464. The van der Waals surface area contributed by atoms with Crippen LogP contribution in [0.15, 0.2) is 41.3 Å². The Balaban J connectivity index is 1.71. The van der Waals surface area contributed by atoms with Crippen LogP contribution in [0.5, 0.6) is 0 Å². The van der Waals surface area contributed by atoms with Gasteiger partial charge < -0.3 is 9.30 Å². The number of hydrogen-bond donors (Lipinski definition) is 0. The Morgan fingerprint density at radius 1 is 1.13 bits per heavy atom. The summed E-state index contributed by atoms with van der Waals surface area (Å²) in [7, 11) is 1.63. The van der Waals surface area contributed by atoms with Gasteiger partial charge in [0.25, 0.3) is 5.56 Å². The lowest BCUT2D eigenvalue weighted by Crippen LogP contribution is -2.31. The predicted octanol–water partition coefficient (Wildman–Crippen LogP) is 4.66. The molecule has 160 valence electrons. The van der Waals surface area contributed by atoms with Gasteiger partial charge in [-0.3, -0.25) is 4.79 Å². The van der Waals surface area contributed by atoms with Crippen molar-refractivity contribution in [1.29, 1.82) is 0 Å². The van der Waals surface area contributed by atoms with E-state index in [2.05, 4.69) is 17.1 Å². The van der Waals surface area contributed by atoms with Crippen molar-refractivity contribution >= 4 is 28.3 Å². The SMILES string of the molecule is COCc1nn2c(nnc3c(=O)n([C@@H]4CCCC[C@H]4C)ccc32)c1-c1ccc(Cl)cc1. The van der Waals surface area contributed by atoms with Crippen molar-refractivity contribution in [2.24, 2.45) is 5.92 Å². The highest BCUT2D eigenvalue weighted by atomic mass is 35.5. The molecule has 1 aliphatic carbocycles. The Hall–Kier alpha value is -2.77. The molecule has 1 aromatic carbocycles. The first-order valence-electron chi connectivity index (χ1n) is 10.6. The zero-order valence-electron chi connectivity index (χ0n) is 17.6. The van der Waals surface area contributed by atoms with E-state index in [0.717, 1.165) is 36.1 Å². The van der Waals surface area contributed by atoms with E-state index < -0.39 is 0 Å². The number of rotatable bonds is 4. The Morgan fingerprint density at radius 3 is 2.65 bits per heavy atom. The highest BCUT2D eigenvalue weighted by Gasteiger charge is 2.25. The molecule has 0 aliphatic heterocycles. The van der Waals surface area contributed by atoms with E-state index in [4.69, 9.17) is 21.4 Å². The van der Waals surface area contributed by atoms with Crippen molar-refractivity contribution in [3.8, 4) is 11.1 Å². The van der Waals surface area contributed by atoms with Crippen LogP contribution in [-0.2, 0) is 11.3 Å². The number of ether oxygens (including phenoxy) is 1. The highest BCUT2D eigenvalue weighted by molar-refractivity contribution is 6.30. The molecule has 31 heavy (non-hydrogen) atoms. The molecule has 0 saturated heterocycles. The molecule has 8 heteroatoms. The van der Waals surface area contributed by atoms with E-state index in [0.29, 0.717) is 34.2 Å². The van der Waals surface area contributed by atoms with Crippen LogP contribution in [0, 0.1) is 5.92 Å². The van der Waals surface area contributed by atoms with Gasteiger partial charge in [-0.15, -0.1) is 10.2 Å². The number of methoxy groups -OCH3 is 1. The fourth-order valence-electron chi connectivity index (χ4n) is 4.73. The van der Waals surface area contributed by atoms with Gasteiger partial charge in [-0.2, -0.15) is 5.10 Å². The smallest absolute Gasteiger partial charge is 0.280 e. The maximum absolute atomic E-state index is 13.3.